The van der Waals surface area contributed by atoms with Gasteiger partial charge in [0.15, 0.2) is 0 Å². The number of benzene rings is 3. The number of piperidine rings is 1. The van der Waals surface area contributed by atoms with E-state index in [1.807, 2.05) is 18.2 Å². The van der Waals surface area contributed by atoms with Crippen LogP contribution >= 0.6 is 0 Å². The Hall–Kier alpha value is -3.12. The first-order valence-electron chi connectivity index (χ1n) is 10.3. The fourth-order valence-electron chi connectivity index (χ4n) is 4.04. The molecule has 0 saturated carbocycles. The number of hydrogen-bond acceptors (Lipinski definition) is 2. The van der Waals surface area contributed by atoms with Crippen molar-refractivity contribution in [3.05, 3.63) is 89.7 Å². The number of carbonyl (C=O) groups excluding carboxylic acids is 1. The summed E-state index contributed by atoms with van der Waals surface area (Å²) in [6.45, 7) is 2.08. The number of nitrogens with zero attached hydrogens (tertiary/aromatic N) is 1. The van der Waals surface area contributed by atoms with Crippen LogP contribution in [0.15, 0.2) is 66.7 Å². The lowest BCUT2D eigenvalue weighted by Crippen LogP contribution is -2.40. The van der Waals surface area contributed by atoms with E-state index in [4.69, 9.17) is 0 Å². The number of nitrogens with one attached hydrogen (secondary N) is 1. The number of amides is 1. The second-order valence-corrected chi connectivity index (χ2v) is 7.90. The molecule has 4 rings (SSSR count). The van der Waals surface area contributed by atoms with E-state index in [9.17, 15) is 18.0 Å². The molecule has 0 radical (unpaired) electrons. The first-order valence-corrected chi connectivity index (χ1v) is 10.3. The largest absolute Gasteiger partial charge is 0.326 e. The topological polar surface area (TPSA) is 32.3 Å². The molecule has 31 heavy (non-hydrogen) atoms. The predicted molar refractivity (Wildman–Crippen MR) is 115 cm³/mol. The highest BCUT2D eigenvalue weighted by Crippen LogP contribution is 2.26. The number of anilines is 1. The second-order valence-electron chi connectivity index (χ2n) is 7.90. The quantitative estimate of drug-likeness (QED) is 0.576. The molecule has 0 aliphatic carbocycles. The van der Waals surface area contributed by atoms with Gasteiger partial charge in [0.1, 0.15) is 17.5 Å². The number of halogens is 3. The lowest BCUT2D eigenvalue weighted by atomic mass is 9.96. The van der Waals surface area contributed by atoms with E-state index in [-0.39, 0.29) is 17.6 Å². The lowest BCUT2D eigenvalue weighted by Gasteiger charge is -2.32. The van der Waals surface area contributed by atoms with Gasteiger partial charge in [-0.25, -0.2) is 13.2 Å². The van der Waals surface area contributed by atoms with Gasteiger partial charge in [0.25, 0.3) is 0 Å². The molecule has 3 nitrogen and oxygen atoms in total. The van der Waals surface area contributed by atoms with E-state index >= 15 is 0 Å². The van der Waals surface area contributed by atoms with Crippen LogP contribution in [-0.2, 0) is 11.3 Å². The second kappa shape index (κ2) is 9.35. The normalized spacial score (nSPS) is 16.8. The van der Waals surface area contributed by atoms with Gasteiger partial charge < -0.3 is 5.32 Å². The summed E-state index contributed by atoms with van der Waals surface area (Å²) in [4.78, 5) is 14.8. The van der Waals surface area contributed by atoms with Crippen molar-refractivity contribution < 1.29 is 18.0 Å². The van der Waals surface area contributed by atoms with Gasteiger partial charge >= 0.3 is 0 Å². The highest BCUT2D eigenvalue weighted by molar-refractivity contribution is 5.92. The van der Waals surface area contributed by atoms with Gasteiger partial charge in [-0.05, 0) is 66.9 Å². The average Bonchev–Trinajstić information content (AvgIpc) is 2.74. The Balaban J connectivity index is 1.42. The van der Waals surface area contributed by atoms with E-state index in [1.165, 1.54) is 24.3 Å². The number of carbonyl (C=O) groups is 1. The Morgan fingerprint density at radius 2 is 1.77 bits per heavy atom. The van der Waals surface area contributed by atoms with E-state index in [1.54, 1.807) is 18.2 Å². The molecule has 1 atom stereocenters. The van der Waals surface area contributed by atoms with Gasteiger partial charge in [-0.15, -0.1) is 0 Å². The smallest absolute Gasteiger partial charge is 0.228 e. The van der Waals surface area contributed by atoms with Crippen LogP contribution in [0.2, 0.25) is 0 Å². The van der Waals surface area contributed by atoms with Crippen molar-refractivity contribution in [3.8, 4) is 11.1 Å². The van der Waals surface area contributed by atoms with E-state index in [0.717, 1.165) is 31.0 Å². The van der Waals surface area contributed by atoms with Crippen LogP contribution in [0.4, 0.5) is 18.9 Å². The molecule has 1 fully saturated rings. The Morgan fingerprint density at radius 1 is 0.968 bits per heavy atom. The van der Waals surface area contributed by atoms with Gasteiger partial charge in [0, 0.05) is 30.4 Å². The number of likely N-dealkylation sites (tertiary alicyclic amines) is 1. The van der Waals surface area contributed by atoms with Gasteiger partial charge in [0.05, 0.1) is 5.92 Å². The molecule has 1 unspecified atom stereocenters. The molecule has 1 aliphatic heterocycles. The Bertz CT molecular complexity index is 1090. The zero-order valence-corrected chi connectivity index (χ0v) is 17.0. The molecular weight excluding hydrogens is 401 g/mol. The fraction of sp³-hybridized carbons (Fsp3) is 0.240. The summed E-state index contributed by atoms with van der Waals surface area (Å²) in [6, 6.07) is 17.0. The van der Waals surface area contributed by atoms with Gasteiger partial charge in [0.2, 0.25) is 5.91 Å². The van der Waals surface area contributed by atoms with Gasteiger partial charge in [-0.1, -0.05) is 24.3 Å². The van der Waals surface area contributed by atoms with E-state index in [2.05, 4.69) is 10.2 Å². The summed E-state index contributed by atoms with van der Waals surface area (Å²) in [5.74, 6) is -1.88. The standard InChI is InChI=1S/C25H23F3N2O/c26-20-7-2-8-22(13-20)29-25(31)19-6-3-11-30(16-19)15-17-4-1-5-18(12-17)23-10-9-21(27)14-24(23)28/h1-2,4-5,7-10,12-14,19H,3,6,11,15-16H2,(H,29,31). The van der Waals surface area contributed by atoms with Crippen LogP contribution in [0.5, 0.6) is 0 Å². The summed E-state index contributed by atoms with van der Waals surface area (Å²) in [6.07, 6.45) is 1.66. The summed E-state index contributed by atoms with van der Waals surface area (Å²) >= 11 is 0. The minimum absolute atomic E-state index is 0.113. The average molecular weight is 424 g/mol. The minimum Gasteiger partial charge on any atom is -0.326 e. The first kappa shape index (κ1) is 21.1. The van der Waals surface area contributed by atoms with Crippen LogP contribution in [0.25, 0.3) is 11.1 Å². The minimum atomic E-state index is -0.603. The van der Waals surface area contributed by atoms with Crippen LogP contribution in [0.1, 0.15) is 18.4 Å². The van der Waals surface area contributed by atoms with E-state index in [0.29, 0.717) is 29.9 Å². The summed E-state index contributed by atoms with van der Waals surface area (Å²) < 4.78 is 40.7. The zero-order chi connectivity index (χ0) is 21.8. The predicted octanol–water partition coefficient (Wildman–Crippen LogP) is 5.62. The molecule has 1 saturated heterocycles. The van der Waals surface area contributed by atoms with Crippen LogP contribution in [-0.4, -0.2) is 23.9 Å². The lowest BCUT2D eigenvalue weighted by molar-refractivity contribution is -0.121. The molecule has 0 aromatic heterocycles. The maximum absolute atomic E-state index is 14.2. The molecule has 3 aromatic rings. The summed E-state index contributed by atoms with van der Waals surface area (Å²) in [5, 5.41) is 2.80. The fourth-order valence-corrected chi connectivity index (χ4v) is 4.04. The molecule has 160 valence electrons. The van der Waals surface area contributed by atoms with Crippen molar-refractivity contribution in [1.82, 2.24) is 4.90 Å². The van der Waals surface area contributed by atoms with Crippen LogP contribution < -0.4 is 5.32 Å². The third-order valence-electron chi connectivity index (χ3n) is 5.54. The highest BCUT2D eigenvalue weighted by Gasteiger charge is 2.26. The zero-order valence-electron chi connectivity index (χ0n) is 17.0. The Labute approximate surface area is 179 Å². The summed E-state index contributed by atoms with van der Waals surface area (Å²) in [5.41, 5.74) is 2.49. The molecule has 1 aliphatic rings. The Morgan fingerprint density at radius 3 is 2.58 bits per heavy atom. The molecule has 3 aromatic carbocycles. The van der Waals surface area contributed by atoms with Crippen molar-refractivity contribution >= 4 is 11.6 Å². The molecule has 0 spiro atoms. The maximum Gasteiger partial charge on any atom is 0.228 e. The maximum atomic E-state index is 14.2. The third kappa shape index (κ3) is 5.33. The molecule has 1 amide bonds. The monoisotopic (exact) mass is 424 g/mol. The van der Waals surface area contributed by atoms with Crippen molar-refractivity contribution in [1.29, 1.82) is 0 Å². The number of hydrogen-bond donors (Lipinski definition) is 1. The molecular formula is C25H23F3N2O. The Kier molecular flexibility index (Phi) is 6.37. The van der Waals surface area contributed by atoms with Crippen molar-refractivity contribution in [2.75, 3.05) is 18.4 Å². The van der Waals surface area contributed by atoms with Crippen molar-refractivity contribution in [3.63, 3.8) is 0 Å². The van der Waals surface area contributed by atoms with Gasteiger partial charge in [-0.2, -0.15) is 0 Å². The first-order chi connectivity index (χ1) is 15.0. The van der Waals surface area contributed by atoms with Crippen LogP contribution in [0, 0.1) is 23.4 Å². The third-order valence-corrected chi connectivity index (χ3v) is 5.54. The van der Waals surface area contributed by atoms with Crippen LogP contribution in [0.3, 0.4) is 0 Å². The van der Waals surface area contributed by atoms with Crippen molar-refractivity contribution in [2.24, 2.45) is 5.92 Å². The SMILES string of the molecule is O=C(Nc1cccc(F)c1)C1CCCN(Cc2cccc(-c3ccc(F)cc3F)c2)C1. The molecule has 6 heteroatoms. The number of rotatable bonds is 5. The van der Waals surface area contributed by atoms with Gasteiger partial charge in [-0.3, -0.25) is 9.69 Å². The highest BCUT2D eigenvalue weighted by atomic mass is 19.1. The summed E-state index contributed by atoms with van der Waals surface area (Å²) in [7, 11) is 0. The molecule has 1 heterocycles. The van der Waals surface area contributed by atoms with Crippen molar-refractivity contribution in [2.45, 2.75) is 19.4 Å². The molecule has 0 bridgehead atoms. The van der Waals surface area contributed by atoms with E-state index < -0.39 is 11.6 Å². The molecule has 1 N–H and O–H groups in total.